The summed E-state index contributed by atoms with van der Waals surface area (Å²) in [5, 5.41) is 8.89. The molecule has 1 saturated heterocycles. The van der Waals surface area contributed by atoms with Gasteiger partial charge in [0.05, 0.1) is 5.69 Å². The highest BCUT2D eigenvalue weighted by Crippen LogP contribution is 2.28. The van der Waals surface area contributed by atoms with Crippen LogP contribution in [0.25, 0.3) is 5.69 Å². The number of hydrogen-bond acceptors (Lipinski definition) is 3. The van der Waals surface area contributed by atoms with Crippen LogP contribution in [-0.4, -0.2) is 46.8 Å². The summed E-state index contributed by atoms with van der Waals surface area (Å²) in [5.41, 5.74) is 3.95. The first-order chi connectivity index (χ1) is 13.1. The lowest BCUT2D eigenvalue weighted by Gasteiger charge is -2.31. The van der Waals surface area contributed by atoms with Crippen LogP contribution in [0.1, 0.15) is 53.8 Å². The van der Waals surface area contributed by atoms with Crippen molar-refractivity contribution in [3.05, 3.63) is 46.2 Å². The Morgan fingerprint density at radius 3 is 2.59 bits per heavy atom. The Bertz CT molecular complexity index is 808. The Morgan fingerprint density at radius 1 is 1.15 bits per heavy atom. The number of carbonyl (C=O) groups is 1. The van der Waals surface area contributed by atoms with E-state index >= 15 is 0 Å². The van der Waals surface area contributed by atoms with Gasteiger partial charge in [-0.05, 0) is 75.9 Å². The van der Waals surface area contributed by atoms with Gasteiger partial charge in [0.1, 0.15) is 0 Å². The lowest BCUT2D eigenvalue weighted by molar-refractivity contribution is 0.0695. The number of benzene rings is 1. The molecule has 1 amide bonds. The summed E-state index contributed by atoms with van der Waals surface area (Å²) in [6.07, 6.45) is 7.37. The van der Waals surface area contributed by atoms with Gasteiger partial charge in [0, 0.05) is 29.4 Å². The Balaban J connectivity index is 1.71. The van der Waals surface area contributed by atoms with Crippen LogP contribution < -0.4 is 5.32 Å². The van der Waals surface area contributed by atoms with Gasteiger partial charge >= 0.3 is 0 Å². The molecule has 0 saturated carbocycles. The van der Waals surface area contributed by atoms with Crippen molar-refractivity contribution in [2.75, 3.05) is 20.1 Å². The number of nitrogens with one attached hydrogen (secondary N) is 1. The fourth-order valence-electron chi connectivity index (χ4n) is 4.27. The third-order valence-electron chi connectivity index (χ3n) is 5.88. The van der Waals surface area contributed by atoms with E-state index in [0.29, 0.717) is 16.8 Å². The van der Waals surface area contributed by atoms with Crippen molar-refractivity contribution >= 4 is 17.5 Å². The lowest BCUT2D eigenvalue weighted by atomic mass is 10.0. The van der Waals surface area contributed by atoms with Crippen LogP contribution in [0.4, 0.5) is 0 Å². The van der Waals surface area contributed by atoms with Gasteiger partial charge in [-0.3, -0.25) is 4.79 Å². The molecule has 0 spiro atoms. The molecule has 6 heteroatoms. The van der Waals surface area contributed by atoms with E-state index in [9.17, 15) is 4.79 Å². The standard InChI is InChI=1S/C21H27ClN4O/c1-25(16-11-13-23-14-12-16)21(27)20-18-5-3-2-4-6-19(18)26(24-20)17-9-7-15(22)8-10-17/h7-10,16,23H,2-6,11-14H2,1H3. The van der Waals surface area contributed by atoms with E-state index in [4.69, 9.17) is 16.7 Å². The van der Waals surface area contributed by atoms with Crippen LogP contribution in [0, 0.1) is 0 Å². The molecule has 27 heavy (non-hydrogen) atoms. The third kappa shape index (κ3) is 3.76. The Morgan fingerprint density at radius 2 is 1.85 bits per heavy atom. The molecular formula is C21H27ClN4O. The van der Waals surface area contributed by atoms with Crippen LogP contribution in [0.15, 0.2) is 24.3 Å². The number of rotatable bonds is 3. The van der Waals surface area contributed by atoms with Gasteiger partial charge in [-0.2, -0.15) is 5.10 Å². The molecule has 0 radical (unpaired) electrons. The average Bonchev–Trinajstić information content (AvgIpc) is 2.89. The van der Waals surface area contributed by atoms with Crippen molar-refractivity contribution in [2.45, 2.75) is 51.0 Å². The predicted molar refractivity (Wildman–Crippen MR) is 108 cm³/mol. The fraction of sp³-hybridized carbons (Fsp3) is 0.524. The fourth-order valence-corrected chi connectivity index (χ4v) is 4.40. The highest BCUT2D eigenvalue weighted by molar-refractivity contribution is 6.30. The van der Waals surface area contributed by atoms with Crippen molar-refractivity contribution in [3.63, 3.8) is 0 Å². The summed E-state index contributed by atoms with van der Waals surface area (Å²) in [7, 11) is 1.93. The van der Waals surface area contributed by atoms with Crippen molar-refractivity contribution in [2.24, 2.45) is 0 Å². The Kier molecular flexibility index (Phi) is 5.50. The second kappa shape index (κ2) is 8.03. The van der Waals surface area contributed by atoms with Gasteiger partial charge < -0.3 is 10.2 Å². The summed E-state index contributed by atoms with van der Waals surface area (Å²) in [6, 6.07) is 8.01. The van der Waals surface area contributed by atoms with Gasteiger partial charge in [0.25, 0.3) is 5.91 Å². The SMILES string of the molecule is CN(C(=O)c1nn(-c2ccc(Cl)cc2)c2c1CCCCC2)C1CCNCC1. The minimum absolute atomic E-state index is 0.0627. The summed E-state index contributed by atoms with van der Waals surface area (Å²) in [6.45, 7) is 1.94. The molecule has 1 aromatic heterocycles. The first-order valence-corrected chi connectivity index (χ1v) is 10.4. The van der Waals surface area contributed by atoms with E-state index in [1.807, 2.05) is 40.9 Å². The maximum Gasteiger partial charge on any atom is 0.274 e. The first kappa shape index (κ1) is 18.5. The Labute approximate surface area is 165 Å². The normalized spacial score (nSPS) is 18.0. The van der Waals surface area contributed by atoms with Crippen molar-refractivity contribution in [1.82, 2.24) is 20.0 Å². The minimum atomic E-state index is 0.0627. The molecule has 1 aromatic carbocycles. The molecule has 1 aliphatic heterocycles. The molecule has 5 nitrogen and oxygen atoms in total. The van der Waals surface area contributed by atoms with Crippen molar-refractivity contribution in [3.8, 4) is 5.69 Å². The topological polar surface area (TPSA) is 50.2 Å². The molecule has 2 aliphatic rings. The number of piperidine rings is 1. The molecule has 0 bridgehead atoms. The van der Waals surface area contributed by atoms with Crippen LogP contribution in [-0.2, 0) is 12.8 Å². The number of fused-ring (bicyclic) bond motifs is 1. The highest BCUT2D eigenvalue weighted by Gasteiger charge is 2.29. The average molecular weight is 387 g/mol. The van der Waals surface area contributed by atoms with Gasteiger partial charge in [-0.15, -0.1) is 0 Å². The van der Waals surface area contributed by atoms with Gasteiger partial charge in [-0.1, -0.05) is 18.0 Å². The van der Waals surface area contributed by atoms with E-state index < -0.39 is 0 Å². The zero-order valence-corrected chi connectivity index (χ0v) is 16.6. The summed E-state index contributed by atoms with van der Waals surface area (Å²) >= 11 is 6.06. The van der Waals surface area contributed by atoms with Crippen molar-refractivity contribution < 1.29 is 4.79 Å². The molecule has 2 heterocycles. The summed E-state index contributed by atoms with van der Waals surface area (Å²) in [5.74, 6) is 0.0627. The van der Waals surface area contributed by atoms with Gasteiger partial charge in [0.15, 0.2) is 5.69 Å². The molecular weight excluding hydrogens is 360 g/mol. The maximum absolute atomic E-state index is 13.3. The van der Waals surface area contributed by atoms with Gasteiger partial charge in [0.2, 0.25) is 0 Å². The van der Waals surface area contributed by atoms with Crippen molar-refractivity contribution in [1.29, 1.82) is 0 Å². The highest BCUT2D eigenvalue weighted by atomic mass is 35.5. The molecule has 1 aliphatic carbocycles. The maximum atomic E-state index is 13.3. The Hall–Kier alpha value is -1.85. The van der Waals surface area contributed by atoms with Crippen LogP contribution in [0.5, 0.6) is 0 Å². The number of nitrogens with zero attached hydrogens (tertiary/aromatic N) is 3. The largest absolute Gasteiger partial charge is 0.337 e. The molecule has 1 fully saturated rings. The molecule has 2 aromatic rings. The van der Waals surface area contributed by atoms with E-state index in [1.165, 1.54) is 12.1 Å². The lowest BCUT2D eigenvalue weighted by Crippen LogP contribution is -2.44. The second-order valence-corrected chi connectivity index (χ2v) is 8.06. The predicted octanol–water partition coefficient (Wildman–Crippen LogP) is 3.62. The summed E-state index contributed by atoms with van der Waals surface area (Å²) < 4.78 is 1.97. The van der Waals surface area contributed by atoms with E-state index in [1.54, 1.807) is 0 Å². The quantitative estimate of drug-likeness (QED) is 0.819. The van der Waals surface area contributed by atoms with E-state index in [-0.39, 0.29) is 5.91 Å². The zero-order chi connectivity index (χ0) is 18.8. The van der Waals surface area contributed by atoms with Crippen LogP contribution in [0.2, 0.25) is 5.02 Å². The van der Waals surface area contributed by atoms with E-state index in [2.05, 4.69) is 5.32 Å². The second-order valence-electron chi connectivity index (χ2n) is 7.62. The third-order valence-corrected chi connectivity index (χ3v) is 6.13. The molecule has 4 rings (SSSR count). The number of amides is 1. The first-order valence-electron chi connectivity index (χ1n) is 10.00. The minimum Gasteiger partial charge on any atom is -0.337 e. The molecule has 144 valence electrons. The number of aromatic nitrogens is 2. The molecule has 0 unspecified atom stereocenters. The summed E-state index contributed by atoms with van der Waals surface area (Å²) in [4.78, 5) is 15.3. The smallest absolute Gasteiger partial charge is 0.274 e. The van der Waals surface area contributed by atoms with Gasteiger partial charge in [-0.25, -0.2) is 4.68 Å². The number of hydrogen-bond donors (Lipinski definition) is 1. The van der Waals surface area contributed by atoms with Crippen LogP contribution in [0.3, 0.4) is 0 Å². The molecule has 1 N–H and O–H groups in total. The van der Waals surface area contributed by atoms with Crippen LogP contribution >= 0.6 is 11.6 Å². The monoisotopic (exact) mass is 386 g/mol. The number of carbonyl (C=O) groups excluding carboxylic acids is 1. The number of halogens is 1. The zero-order valence-electron chi connectivity index (χ0n) is 15.9. The van der Waals surface area contributed by atoms with E-state index in [0.717, 1.165) is 62.9 Å². The molecule has 0 atom stereocenters.